The topological polar surface area (TPSA) is 106 Å². The Morgan fingerprint density at radius 3 is 2.68 bits per heavy atom. The molecule has 5 atom stereocenters. The Hall–Kier alpha value is -0.360. The lowest BCUT2D eigenvalue weighted by Crippen LogP contribution is -2.58. The summed E-state index contributed by atoms with van der Waals surface area (Å²) in [5.74, 6) is 1.96. The van der Waals surface area contributed by atoms with Crippen LogP contribution in [-0.2, 0) is 23.9 Å². The molecule has 1 aliphatic heterocycles. The van der Waals surface area contributed by atoms with E-state index in [1.807, 2.05) is 0 Å². The maximum absolute atomic E-state index is 11.9. The van der Waals surface area contributed by atoms with Crippen molar-refractivity contribution in [3.63, 3.8) is 0 Å². The van der Waals surface area contributed by atoms with Gasteiger partial charge >= 0.3 is 5.97 Å². The molecule has 0 radical (unpaired) electrons. The monoisotopic (exact) mass is 479 g/mol. The molecule has 2 N–H and O–H groups in total. The van der Waals surface area contributed by atoms with Crippen molar-refractivity contribution in [2.45, 2.75) is 82.0 Å². The molecule has 0 amide bonds. The van der Waals surface area contributed by atoms with Gasteiger partial charge in [-0.3, -0.25) is 4.84 Å². The number of aliphatic hydroxyl groups excluding tert-OH is 1. The van der Waals surface area contributed by atoms with Gasteiger partial charge in [-0.25, -0.2) is 4.79 Å². The third kappa shape index (κ3) is 8.83. The number of carbonyl (C=O) groups excluding carboxylic acids is 1. The Labute approximate surface area is 194 Å². The molecule has 2 fully saturated rings. The largest absolute Gasteiger partial charge is 0.479 e. The van der Waals surface area contributed by atoms with Gasteiger partial charge in [-0.1, -0.05) is 32.1 Å². The van der Waals surface area contributed by atoms with Crippen molar-refractivity contribution >= 4 is 36.6 Å². The highest BCUT2D eigenvalue weighted by atomic mass is 32.2. The number of carbonyl (C=O) groups is 2. The summed E-state index contributed by atoms with van der Waals surface area (Å²) in [5.41, 5.74) is 0. The quantitative estimate of drug-likeness (QED) is 0.150. The summed E-state index contributed by atoms with van der Waals surface area (Å²) in [5, 5.41) is 22.1. The highest BCUT2D eigenvalue weighted by molar-refractivity contribution is 7.99. The molecular weight excluding hydrogens is 442 g/mol. The van der Waals surface area contributed by atoms with Crippen molar-refractivity contribution in [2.24, 2.45) is 5.92 Å². The molecule has 2 rings (SSSR count). The van der Waals surface area contributed by atoms with Crippen LogP contribution in [-0.4, -0.2) is 89.1 Å². The molecule has 1 heterocycles. The molecule has 31 heavy (non-hydrogen) atoms. The van der Waals surface area contributed by atoms with Gasteiger partial charge in [0.25, 0.3) is 0 Å². The van der Waals surface area contributed by atoms with Gasteiger partial charge in [0.1, 0.15) is 18.5 Å². The van der Waals surface area contributed by atoms with Crippen LogP contribution < -0.4 is 0 Å². The predicted molar refractivity (Wildman–Crippen MR) is 122 cm³/mol. The van der Waals surface area contributed by atoms with E-state index in [0.29, 0.717) is 25.2 Å². The summed E-state index contributed by atoms with van der Waals surface area (Å²) in [6.45, 7) is 0.501. The number of hydrogen-bond donors (Lipinski definition) is 3. The van der Waals surface area contributed by atoms with Gasteiger partial charge < -0.3 is 24.5 Å². The maximum Gasteiger partial charge on any atom is 0.332 e. The van der Waals surface area contributed by atoms with Crippen molar-refractivity contribution < 1.29 is 34.1 Å². The number of hydroxylamine groups is 2. The minimum absolute atomic E-state index is 0.116. The van der Waals surface area contributed by atoms with Crippen LogP contribution in [0.15, 0.2) is 0 Å². The van der Waals surface area contributed by atoms with Crippen LogP contribution >= 0.6 is 24.4 Å². The molecule has 0 spiro atoms. The first-order chi connectivity index (χ1) is 15.0. The van der Waals surface area contributed by atoms with E-state index in [2.05, 4.69) is 12.6 Å². The van der Waals surface area contributed by atoms with Gasteiger partial charge in [0.15, 0.2) is 12.3 Å². The minimum atomic E-state index is -1.13. The molecule has 10 heteroatoms. The van der Waals surface area contributed by atoms with Crippen molar-refractivity contribution in [1.29, 1.82) is 0 Å². The first-order valence-corrected chi connectivity index (χ1v) is 12.9. The number of thioether (sulfide) groups is 1. The van der Waals surface area contributed by atoms with E-state index in [1.165, 1.54) is 18.6 Å². The van der Waals surface area contributed by atoms with Crippen LogP contribution in [0, 0.1) is 5.92 Å². The second kappa shape index (κ2) is 14.7. The van der Waals surface area contributed by atoms with Crippen LogP contribution in [0.25, 0.3) is 0 Å². The predicted octanol–water partition coefficient (Wildman–Crippen LogP) is 2.39. The fourth-order valence-corrected chi connectivity index (χ4v) is 5.35. The SMILES string of the molecule is CON(CCCSCCS)[C@@H]1OC(C=O)CC(O[C@@H](CC2CCCCC2)C(=O)O)C1O. The number of aldehydes is 1. The summed E-state index contributed by atoms with van der Waals surface area (Å²) >= 11 is 5.97. The Kier molecular flexibility index (Phi) is 12.8. The first kappa shape index (κ1) is 26.9. The summed E-state index contributed by atoms with van der Waals surface area (Å²) < 4.78 is 11.6. The van der Waals surface area contributed by atoms with Gasteiger partial charge in [0.2, 0.25) is 0 Å². The molecule has 0 aromatic rings. The number of nitrogens with zero attached hydrogens (tertiary/aromatic N) is 1. The van der Waals surface area contributed by atoms with Gasteiger partial charge in [-0.15, -0.1) is 0 Å². The first-order valence-electron chi connectivity index (χ1n) is 11.2. The minimum Gasteiger partial charge on any atom is -0.479 e. The Morgan fingerprint density at radius 2 is 2.06 bits per heavy atom. The molecule has 0 aromatic carbocycles. The number of aliphatic carboxylic acids is 1. The smallest absolute Gasteiger partial charge is 0.332 e. The molecule has 0 bridgehead atoms. The summed E-state index contributed by atoms with van der Waals surface area (Å²) in [4.78, 5) is 28.8. The van der Waals surface area contributed by atoms with E-state index in [-0.39, 0.29) is 6.42 Å². The Balaban J connectivity index is 2.00. The third-order valence-electron chi connectivity index (χ3n) is 5.91. The molecule has 8 nitrogen and oxygen atoms in total. The third-order valence-corrected chi connectivity index (χ3v) is 7.51. The van der Waals surface area contributed by atoms with Crippen molar-refractivity contribution in [3.05, 3.63) is 0 Å². The molecule has 1 aliphatic carbocycles. The zero-order chi connectivity index (χ0) is 22.6. The Bertz CT molecular complexity index is 536. The standard InChI is InChI=1S/C21H37NO7S2/c1-27-22(8-5-10-31-11-9-30)20-19(24)17(13-16(14-23)28-20)29-18(21(25)26)12-15-6-3-2-4-7-15/h14-20,24,30H,2-13H2,1H3,(H,25,26)/t16?,17?,18-,19?,20+/m0/s1. The maximum atomic E-state index is 11.9. The van der Waals surface area contributed by atoms with Gasteiger partial charge in [-0.05, 0) is 30.3 Å². The zero-order valence-electron chi connectivity index (χ0n) is 18.3. The number of rotatable bonds is 14. The van der Waals surface area contributed by atoms with E-state index >= 15 is 0 Å². The fraction of sp³-hybridized carbons (Fsp3) is 0.905. The summed E-state index contributed by atoms with van der Waals surface area (Å²) in [6.07, 6.45) is 2.77. The Morgan fingerprint density at radius 1 is 1.32 bits per heavy atom. The number of carboxylic acids is 1. The molecular formula is C21H37NO7S2. The van der Waals surface area contributed by atoms with Crippen molar-refractivity contribution in [2.75, 3.05) is 30.9 Å². The number of hydrogen-bond acceptors (Lipinski definition) is 9. The second-order valence-corrected chi connectivity index (χ2v) is 9.85. The number of ether oxygens (including phenoxy) is 2. The summed E-state index contributed by atoms with van der Waals surface area (Å²) in [7, 11) is 1.49. The lowest BCUT2D eigenvalue weighted by Gasteiger charge is -2.42. The number of thiol groups is 1. The van der Waals surface area contributed by atoms with Crippen LogP contribution in [0.5, 0.6) is 0 Å². The normalized spacial score (nSPS) is 28.5. The lowest BCUT2D eigenvalue weighted by atomic mass is 9.85. The van der Waals surface area contributed by atoms with E-state index in [4.69, 9.17) is 14.3 Å². The average molecular weight is 480 g/mol. The van der Waals surface area contributed by atoms with Gasteiger partial charge in [0.05, 0.1) is 13.2 Å². The molecule has 0 aromatic heterocycles. The van der Waals surface area contributed by atoms with E-state index in [9.17, 15) is 19.8 Å². The van der Waals surface area contributed by atoms with E-state index in [1.54, 1.807) is 11.8 Å². The van der Waals surface area contributed by atoms with Crippen LogP contribution in [0.2, 0.25) is 0 Å². The number of aliphatic hydroxyl groups is 1. The average Bonchev–Trinajstić information content (AvgIpc) is 2.78. The van der Waals surface area contributed by atoms with Crippen LogP contribution in [0.1, 0.15) is 51.4 Å². The van der Waals surface area contributed by atoms with Crippen LogP contribution in [0.4, 0.5) is 0 Å². The molecule has 2 aliphatic rings. The van der Waals surface area contributed by atoms with Crippen LogP contribution in [0.3, 0.4) is 0 Å². The zero-order valence-corrected chi connectivity index (χ0v) is 20.0. The van der Waals surface area contributed by atoms with E-state index < -0.39 is 36.6 Å². The molecule has 1 saturated carbocycles. The highest BCUT2D eigenvalue weighted by Gasteiger charge is 2.43. The number of carboxylic acid groups (broad SMARTS) is 1. The highest BCUT2D eigenvalue weighted by Crippen LogP contribution is 2.31. The van der Waals surface area contributed by atoms with Gasteiger partial charge in [-0.2, -0.15) is 29.5 Å². The van der Waals surface area contributed by atoms with E-state index in [0.717, 1.165) is 49.4 Å². The summed E-state index contributed by atoms with van der Waals surface area (Å²) in [6, 6.07) is 0. The fourth-order valence-electron chi connectivity index (χ4n) is 4.29. The van der Waals surface area contributed by atoms with Crippen molar-refractivity contribution in [1.82, 2.24) is 5.06 Å². The van der Waals surface area contributed by atoms with Gasteiger partial charge in [0, 0.05) is 18.7 Å². The second-order valence-electron chi connectivity index (χ2n) is 8.18. The molecule has 180 valence electrons. The molecule has 3 unspecified atom stereocenters. The lowest BCUT2D eigenvalue weighted by molar-refractivity contribution is -0.306. The molecule has 1 saturated heterocycles. The van der Waals surface area contributed by atoms with Crippen molar-refractivity contribution in [3.8, 4) is 0 Å².